The van der Waals surface area contributed by atoms with Crippen LogP contribution >= 0.6 is 24.8 Å². The molecule has 1 aliphatic heterocycles. The van der Waals surface area contributed by atoms with Crippen molar-refractivity contribution in [1.29, 1.82) is 0 Å². The molecule has 1 aliphatic rings. The topological polar surface area (TPSA) is 83.1 Å². The first-order valence-electron chi connectivity index (χ1n) is 8.04. The zero-order valence-electron chi connectivity index (χ0n) is 14.1. The van der Waals surface area contributed by atoms with Crippen LogP contribution in [-0.4, -0.2) is 29.4 Å². The number of carbonyl (C=O) groups is 2. The minimum Gasteiger partial charge on any atom is -0.351 e. The molecule has 1 fully saturated rings. The molecule has 1 saturated heterocycles. The third-order valence-corrected chi connectivity index (χ3v) is 4.00. The number of hydrogen-bond donors (Lipinski definition) is 3. The van der Waals surface area contributed by atoms with Crippen molar-refractivity contribution in [3.05, 3.63) is 59.9 Å². The lowest BCUT2D eigenvalue weighted by molar-refractivity contribution is -0.122. The van der Waals surface area contributed by atoms with Gasteiger partial charge in [0, 0.05) is 30.2 Å². The van der Waals surface area contributed by atoms with Crippen LogP contribution in [0.25, 0.3) is 0 Å². The van der Waals surface area contributed by atoms with Gasteiger partial charge in [0.1, 0.15) is 0 Å². The summed E-state index contributed by atoms with van der Waals surface area (Å²) in [5.41, 5.74) is 2.26. The summed E-state index contributed by atoms with van der Waals surface area (Å²) in [7, 11) is 0. The number of anilines is 1. The van der Waals surface area contributed by atoms with Gasteiger partial charge in [-0.05, 0) is 49.2 Å². The zero-order chi connectivity index (χ0) is 16.8. The Labute approximate surface area is 165 Å². The highest BCUT2D eigenvalue weighted by atomic mass is 35.5. The molecule has 0 saturated carbocycles. The Kier molecular flexibility index (Phi) is 9.05. The number of halogens is 2. The second-order valence-electron chi connectivity index (χ2n) is 5.75. The van der Waals surface area contributed by atoms with Gasteiger partial charge in [-0.3, -0.25) is 14.6 Å². The summed E-state index contributed by atoms with van der Waals surface area (Å²) in [4.78, 5) is 27.9. The Hall–Kier alpha value is -2.15. The smallest absolute Gasteiger partial charge is 0.255 e. The van der Waals surface area contributed by atoms with Crippen molar-refractivity contribution in [2.45, 2.75) is 25.4 Å². The molecule has 140 valence electrons. The van der Waals surface area contributed by atoms with E-state index in [0.717, 1.165) is 24.9 Å². The molecule has 0 radical (unpaired) electrons. The van der Waals surface area contributed by atoms with Gasteiger partial charge in [-0.1, -0.05) is 12.1 Å². The maximum absolute atomic E-state index is 12.1. The number of benzene rings is 1. The molecule has 8 heteroatoms. The summed E-state index contributed by atoms with van der Waals surface area (Å²) in [6.07, 6.45) is 5.11. The molecular weight excluding hydrogens is 375 g/mol. The fraction of sp³-hybridized carbons (Fsp3) is 0.278. The van der Waals surface area contributed by atoms with Gasteiger partial charge in [0.05, 0.1) is 6.04 Å². The monoisotopic (exact) mass is 396 g/mol. The number of hydrogen-bond acceptors (Lipinski definition) is 4. The molecule has 1 aromatic carbocycles. The van der Waals surface area contributed by atoms with Crippen LogP contribution in [0.2, 0.25) is 0 Å². The minimum absolute atomic E-state index is 0. The Balaban J connectivity index is 0.00000169. The van der Waals surface area contributed by atoms with Crippen molar-refractivity contribution in [3.8, 4) is 0 Å². The Morgan fingerprint density at radius 1 is 1.08 bits per heavy atom. The van der Waals surface area contributed by atoms with Crippen LogP contribution < -0.4 is 16.0 Å². The van der Waals surface area contributed by atoms with Crippen LogP contribution in [0, 0.1) is 0 Å². The van der Waals surface area contributed by atoms with E-state index >= 15 is 0 Å². The molecule has 2 heterocycles. The van der Waals surface area contributed by atoms with Crippen LogP contribution in [0.1, 0.15) is 28.8 Å². The third-order valence-electron chi connectivity index (χ3n) is 4.00. The molecule has 2 amide bonds. The predicted molar refractivity (Wildman–Crippen MR) is 106 cm³/mol. The largest absolute Gasteiger partial charge is 0.351 e. The fourth-order valence-electron chi connectivity index (χ4n) is 2.63. The first-order valence-corrected chi connectivity index (χ1v) is 8.04. The van der Waals surface area contributed by atoms with Crippen molar-refractivity contribution in [2.75, 3.05) is 11.9 Å². The van der Waals surface area contributed by atoms with Gasteiger partial charge in [0.15, 0.2) is 0 Å². The van der Waals surface area contributed by atoms with Crippen LogP contribution in [0.3, 0.4) is 0 Å². The minimum atomic E-state index is -0.175. The number of rotatable bonds is 5. The van der Waals surface area contributed by atoms with Crippen molar-refractivity contribution >= 4 is 42.3 Å². The maximum atomic E-state index is 12.1. The van der Waals surface area contributed by atoms with Crippen molar-refractivity contribution in [3.63, 3.8) is 0 Å². The number of nitrogens with one attached hydrogen (secondary N) is 3. The van der Waals surface area contributed by atoms with E-state index < -0.39 is 0 Å². The SMILES string of the molecule is Cl.Cl.O=C(Nc1ccc(CNC(=O)C2CCCN2)cc1)c1ccncc1. The van der Waals surface area contributed by atoms with Crippen molar-refractivity contribution in [1.82, 2.24) is 15.6 Å². The lowest BCUT2D eigenvalue weighted by Crippen LogP contribution is -2.39. The average Bonchev–Trinajstić information content (AvgIpc) is 3.16. The van der Waals surface area contributed by atoms with E-state index in [1.54, 1.807) is 24.5 Å². The van der Waals surface area contributed by atoms with Gasteiger partial charge < -0.3 is 16.0 Å². The highest BCUT2D eigenvalue weighted by Crippen LogP contribution is 2.12. The summed E-state index contributed by atoms with van der Waals surface area (Å²) in [6.45, 7) is 1.39. The highest BCUT2D eigenvalue weighted by Gasteiger charge is 2.21. The maximum Gasteiger partial charge on any atom is 0.255 e. The van der Waals surface area contributed by atoms with E-state index in [1.807, 2.05) is 24.3 Å². The van der Waals surface area contributed by atoms with Gasteiger partial charge in [-0.2, -0.15) is 0 Å². The molecule has 0 aliphatic carbocycles. The first kappa shape index (κ1) is 21.9. The van der Waals surface area contributed by atoms with Crippen LogP contribution in [0.15, 0.2) is 48.8 Å². The molecule has 2 aromatic rings. The van der Waals surface area contributed by atoms with Gasteiger partial charge in [0.25, 0.3) is 5.91 Å². The first-order chi connectivity index (χ1) is 11.7. The normalized spacial score (nSPS) is 15.3. The molecule has 3 N–H and O–H groups in total. The molecule has 0 bridgehead atoms. The number of nitrogens with zero attached hydrogens (tertiary/aromatic N) is 1. The van der Waals surface area contributed by atoms with Crippen LogP contribution in [0.4, 0.5) is 5.69 Å². The van der Waals surface area contributed by atoms with Gasteiger partial charge in [-0.15, -0.1) is 24.8 Å². The summed E-state index contributed by atoms with van der Waals surface area (Å²) in [6, 6.07) is 10.7. The summed E-state index contributed by atoms with van der Waals surface area (Å²) in [5.74, 6) is -0.131. The van der Waals surface area contributed by atoms with E-state index in [9.17, 15) is 9.59 Å². The number of aromatic nitrogens is 1. The predicted octanol–water partition coefficient (Wildman–Crippen LogP) is 2.55. The molecule has 1 aromatic heterocycles. The third kappa shape index (κ3) is 5.98. The molecule has 3 rings (SSSR count). The molecule has 0 spiro atoms. The van der Waals surface area contributed by atoms with E-state index in [-0.39, 0.29) is 42.7 Å². The molecule has 1 atom stereocenters. The molecular formula is C18H22Cl2N4O2. The standard InChI is InChI=1S/C18H20N4O2.2ClH/c23-17(14-7-10-19-11-8-14)22-15-5-3-13(4-6-15)12-21-18(24)16-2-1-9-20-16;;/h3-8,10-11,16,20H,1-2,9,12H2,(H,21,24)(H,22,23);2*1H. The number of carbonyl (C=O) groups excluding carboxylic acids is 2. The lowest BCUT2D eigenvalue weighted by atomic mass is 10.1. The van der Waals surface area contributed by atoms with E-state index in [4.69, 9.17) is 0 Å². The number of pyridine rings is 1. The quantitative estimate of drug-likeness (QED) is 0.724. The van der Waals surface area contributed by atoms with Crippen molar-refractivity contribution in [2.24, 2.45) is 0 Å². The molecule has 1 unspecified atom stereocenters. The zero-order valence-corrected chi connectivity index (χ0v) is 15.7. The summed E-state index contributed by atoms with van der Waals surface area (Å²) < 4.78 is 0. The van der Waals surface area contributed by atoms with Crippen LogP contribution in [-0.2, 0) is 11.3 Å². The average molecular weight is 397 g/mol. The number of amides is 2. The Morgan fingerprint density at radius 2 is 1.77 bits per heavy atom. The van der Waals surface area contributed by atoms with Gasteiger partial charge in [-0.25, -0.2) is 0 Å². The lowest BCUT2D eigenvalue weighted by Gasteiger charge is -2.11. The highest BCUT2D eigenvalue weighted by molar-refractivity contribution is 6.04. The van der Waals surface area contributed by atoms with Gasteiger partial charge >= 0.3 is 0 Å². The van der Waals surface area contributed by atoms with Gasteiger partial charge in [0.2, 0.25) is 5.91 Å². The Morgan fingerprint density at radius 3 is 2.38 bits per heavy atom. The summed E-state index contributed by atoms with van der Waals surface area (Å²) in [5, 5.41) is 8.94. The van der Waals surface area contributed by atoms with Crippen molar-refractivity contribution < 1.29 is 9.59 Å². The second kappa shape index (κ2) is 10.8. The van der Waals surface area contributed by atoms with E-state index in [2.05, 4.69) is 20.9 Å². The molecule has 26 heavy (non-hydrogen) atoms. The van der Waals surface area contributed by atoms with E-state index in [1.165, 1.54) is 0 Å². The summed E-state index contributed by atoms with van der Waals surface area (Å²) >= 11 is 0. The van der Waals surface area contributed by atoms with Crippen LogP contribution in [0.5, 0.6) is 0 Å². The molecule has 6 nitrogen and oxygen atoms in total. The Bertz CT molecular complexity index is 705. The second-order valence-corrected chi connectivity index (χ2v) is 5.75. The van der Waals surface area contributed by atoms with E-state index in [0.29, 0.717) is 17.8 Å². The fourth-order valence-corrected chi connectivity index (χ4v) is 2.63.